The lowest BCUT2D eigenvalue weighted by atomic mass is 10.2. The van der Waals surface area contributed by atoms with Crippen LogP contribution < -0.4 is 5.56 Å². The van der Waals surface area contributed by atoms with E-state index in [1.165, 1.54) is 6.07 Å². The van der Waals surface area contributed by atoms with Gasteiger partial charge in [-0.1, -0.05) is 0 Å². The molecule has 3 rings (SSSR count). The summed E-state index contributed by atoms with van der Waals surface area (Å²) in [5, 5.41) is 3.07. The molecule has 6 nitrogen and oxygen atoms in total. The van der Waals surface area contributed by atoms with Gasteiger partial charge in [0, 0.05) is 36.4 Å². The van der Waals surface area contributed by atoms with Crippen molar-refractivity contribution >= 4 is 11.3 Å². The molecule has 0 bridgehead atoms. The first-order valence-electron chi connectivity index (χ1n) is 6.51. The molecule has 106 valence electrons. The Morgan fingerprint density at radius 3 is 3.25 bits per heavy atom. The minimum Gasteiger partial charge on any atom is -0.368 e. The molecule has 2 aromatic rings. The Morgan fingerprint density at radius 1 is 1.60 bits per heavy atom. The Bertz CT molecular complexity index is 626. The van der Waals surface area contributed by atoms with Gasteiger partial charge in [-0.25, -0.2) is 9.97 Å². The first-order chi connectivity index (χ1) is 9.70. The van der Waals surface area contributed by atoms with Crippen molar-refractivity contribution in [3.8, 4) is 0 Å². The van der Waals surface area contributed by atoms with Crippen LogP contribution in [0.1, 0.15) is 22.6 Å². The first-order valence-corrected chi connectivity index (χ1v) is 7.39. The van der Waals surface area contributed by atoms with E-state index in [0.717, 1.165) is 18.1 Å². The zero-order chi connectivity index (χ0) is 13.9. The van der Waals surface area contributed by atoms with E-state index >= 15 is 0 Å². The summed E-state index contributed by atoms with van der Waals surface area (Å²) in [4.78, 5) is 25.2. The zero-order valence-electron chi connectivity index (χ0n) is 11.2. The van der Waals surface area contributed by atoms with Crippen molar-refractivity contribution in [1.29, 1.82) is 0 Å². The summed E-state index contributed by atoms with van der Waals surface area (Å²) in [5.74, 6) is 0.610. The lowest BCUT2D eigenvalue weighted by Crippen LogP contribution is -2.38. The highest BCUT2D eigenvalue weighted by Crippen LogP contribution is 2.20. The maximum Gasteiger partial charge on any atom is 0.251 e. The van der Waals surface area contributed by atoms with Gasteiger partial charge >= 0.3 is 0 Å². The molecule has 0 saturated carbocycles. The van der Waals surface area contributed by atoms with E-state index in [4.69, 9.17) is 4.74 Å². The summed E-state index contributed by atoms with van der Waals surface area (Å²) in [6.45, 7) is 4.84. The molecule has 7 heteroatoms. The van der Waals surface area contributed by atoms with Gasteiger partial charge in [-0.3, -0.25) is 9.69 Å². The molecule has 0 aliphatic carbocycles. The van der Waals surface area contributed by atoms with E-state index < -0.39 is 0 Å². The molecule has 1 N–H and O–H groups in total. The van der Waals surface area contributed by atoms with Crippen molar-refractivity contribution in [2.45, 2.75) is 19.6 Å². The van der Waals surface area contributed by atoms with Crippen molar-refractivity contribution in [3.63, 3.8) is 0 Å². The molecule has 1 atom stereocenters. The minimum absolute atomic E-state index is 0.131. The van der Waals surface area contributed by atoms with Crippen molar-refractivity contribution < 1.29 is 4.74 Å². The topological polar surface area (TPSA) is 71.1 Å². The lowest BCUT2D eigenvalue weighted by molar-refractivity contribution is -0.0374. The molecule has 1 aliphatic heterocycles. The summed E-state index contributed by atoms with van der Waals surface area (Å²) in [6.07, 6.45) is 1.63. The van der Waals surface area contributed by atoms with Crippen LogP contribution in [0.5, 0.6) is 0 Å². The van der Waals surface area contributed by atoms with Crippen LogP contribution in [0.2, 0.25) is 0 Å². The average molecular weight is 292 g/mol. The monoisotopic (exact) mass is 292 g/mol. The fraction of sp³-hybridized carbons (Fsp3) is 0.462. The Balaban J connectivity index is 1.72. The van der Waals surface area contributed by atoms with E-state index in [1.54, 1.807) is 11.3 Å². The van der Waals surface area contributed by atoms with Crippen LogP contribution in [0.15, 0.2) is 22.4 Å². The molecule has 1 aliphatic rings. The fourth-order valence-corrected chi connectivity index (χ4v) is 2.95. The molecule has 0 unspecified atom stereocenters. The maximum atomic E-state index is 11.5. The molecule has 0 amide bonds. The van der Waals surface area contributed by atoms with Crippen molar-refractivity contribution in [3.05, 3.63) is 44.5 Å². The number of ether oxygens (including phenoxy) is 1. The number of aromatic nitrogens is 3. The lowest BCUT2D eigenvalue weighted by Gasteiger charge is -2.31. The van der Waals surface area contributed by atoms with E-state index in [0.29, 0.717) is 24.7 Å². The molecule has 0 aromatic carbocycles. The summed E-state index contributed by atoms with van der Waals surface area (Å²) in [7, 11) is 0. The smallest absolute Gasteiger partial charge is 0.251 e. The summed E-state index contributed by atoms with van der Waals surface area (Å²) >= 11 is 1.65. The van der Waals surface area contributed by atoms with Crippen LogP contribution in [0, 0.1) is 6.92 Å². The normalized spacial score (nSPS) is 20.1. The SMILES string of the molecule is Cc1cc(=O)[nH]c([C@H]2CN(Cc3nccs3)CCO2)n1. The molecule has 1 fully saturated rings. The predicted molar refractivity (Wildman–Crippen MR) is 75.7 cm³/mol. The molecule has 2 aromatic heterocycles. The Labute approximate surface area is 120 Å². The summed E-state index contributed by atoms with van der Waals surface area (Å²) < 4.78 is 5.73. The number of aromatic amines is 1. The maximum absolute atomic E-state index is 11.5. The second-order valence-electron chi connectivity index (χ2n) is 4.79. The Kier molecular flexibility index (Phi) is 3.90. The molecule has 0 radical (unpaired) electrons. The van der Waals surface area contributed by atoms with Crippen molar-refractivity contribution in [1.82, 2.24) is 19.9 Å². The van der Waals surface area contributed by atoms with Gasteiger partial charge in [0.2, 0.25) is 0 Å². The standard InChI is InChI=1S/C13H16N4O2S/c1-9-6-11(18)16-13(15-9)10-7-17(3-4-19-10)8-12-14-2-5-20-12/h2,5-6,10H,3-4,7-8H2,1H3,(H,15,16,18)/t10-/m1/s1. The molecule has 0 spiro atoms. The number of thiazole rings is 1. The van der Waals surface area contributed by atoms with Crippen LogP contribution in [0.25, 0.3) is 0 Å². The fourth-order valence-electron chi connectivity index (χ4n) is 2.29. The molecule has 1 saturated heterocycles. The van der Waals surface area contributed by atoms with E-state index in [2.05, 4.69) is 19.9 Å². The minimum atomic E-state index is -0.184. The third-order valence-electron chi connectivity index (χ3n) is 3.19. The second-order valence-corrected chi connectivity index (χ2v) is 5.77. The van der Waals surface area contributed by atoms with Crippen LogP contribution >= 0.6 is 11.3 Å². The van der Waals surface area contributed by atoms with E-state index in [1.807, 2.05) is 18.5 Å². The first kappa shape index (κ1) is 13.4. The van der Waals surface area contributed by atoms with Gasteiger partial charge in [0.15, 0.2) is 0 Å². The zero-order valence-corrected chi connectivity index (χ0v) is 12.0. The highest BCUT2D eigenvalue weighted by Gasteiger charge is 2.24. The van der Waals surface area contributed by atoms with Gasteiger partial charge in [-0.15, -0.1) is 11.3 Å². The number of nitrogens with one attached hydrogen (secondary N) is 1. The largest absolute Gasteiger partial charge is 0.368 e. The average Bonchev–Trinajstić information content (AvgIpc) is 2.91. The number of hydrogen-bond donors (Lipinski definition) is 1. The van der Waals surface area contributed by atoms with Gasteiger partial charge in [0.1, 0.15) is 16.9 Å². The quantitative estimate of drug-likeness (QED) is 0.917. The van der Waals surface area contributed by atoms with Crippen LogP contribution in [-0.2, 0) is 11.3 Å². The highest BCUT2D eigenvalue weighted by atomic mass is 32.1. The third-order valence-corrected chi connectivity index (χ3v) is 3.95. The number of aryl methyl sites for hydroxylation is 1. The number of hydrogen-bond acceptors (Lipinski definition) is 6. The summed E-state index contributed by atoms with van der Waals surface area (Å²) in [6, 6.07) is 1.49. The van der Waals surface area contributed by atoms with Gasteiger partial charge in [-0.05, 0) is 6.92 Å². The third kappa shape index (κ3) is 3.12. The Hall–Kier alpha value is -1.57. The van der Waals surface area contributed by atoms with Crippen LogP contribution in [-0.4, -0.2) is 39.5 Å². The summed E-state index contributed by atoms with van der Waals surface area (Å²) in [5.41, 5.74) is 0.581. The van der Waals surface area contributed by atoms with Crippen LogP contribution in [0.4, 0.5) is 0 Å². The van der Waals surface area contributed by atoms with E-state index in [9.17, 15) is 4.79 Å². The van der Waals surface area contributed by atoms with Crippen molar-refractivity contribution in [2.75, 3.05) is 19.7 Å². The number of nitrogens with zero attached hydrogens (tertiary/aromatic N) is 3. The van der Waals surface area contributed by atoms with Gasteiger partial charge in [-0.2, -0.15) is 0 Å². The molecule has 20 heavy (non-hydrogen) atoms. The molecular weight excluding hydrogens is 276 g/mol. The second kappa shape index (κ2) is 5.82. The van der Waals surface area contributed by atoms with Crippen LogP contribution in [0.3, 0.4) is 0 Å². The molecular formula is C13H16N4O2S. The van der Waals surface area contributed by atoms with Crippen molar-refractivity contribution in [2.24, 2.45) is 0 Å². The predicted octanol–water partition coefficient (Wildman–Crippen LogP) is 1.11. The van der Waals surface area contributed by atoms with E-state index in [-0.39, 0.29) is 11.7 Å². The van der Waals surface area contributed by atoms with Gasteiger partial charge < -0.3 is 9.72 Å². The Morgan fingerprint density at radius 2 is 2.50 bits per heavy atom. The number of rotatable bonds is 3. The van der Waals surface area contributed by atoms with Gasteiger partial charge in [0.05, 0.1) is 13.2 Å². The number of morpholine rings is 1. The molecule has 3 heterocycles. The van der Waals surface area contributed by atoms with Gasteiger partial charge in [0.25, 0.3) is 5.56 Å². The highest BCUT2D eigenvalue weighted by molar-refractivity contribution is 7.09. The number of H-pyrrole nitrogens is 1.